The Labute approximate surface area is 119 Å². The predicted octanol–water partition coefficient (Wildman–Crippen LogP) is 4.60. The summed E-state index contributed by atoms with van der Waals surface area (Å²) in [7, 11) is 0. The molecule has 106 valence electrons. The minimum atomic E-state index is -0.846. The first-order chi connectivity index (χ1) is 8.73. The fourth-order valence-corrected chi connectivity index (χ4v) is 3.42. The molecule has 1 fully saturated rings. The van der Waals surface area contributed by atoms with Crippen LogP contribution in [0.2, 0.25) is 5.02 Å². The van der Waals surface area contributed by atoms with Crippen molar-refractivity contribution in [2.75, 3.05) is 0 Å². The Balaban J connectivity index is 2.23. The predicted molar refractivity (Wildman–Crippen MR) is 76.9 cm³/mol. The van der Waals surface area contributed by atoms with E-state index in [-0.39, 0.29) is 17.2 Å². The van der Waals surface area contributed by atoms with Gasteiger partial charge in [-0.05, 0) is 42.7 Å². The lowest BCUT2D eigenvalue weighted by atomic mass is 9.64. The van der Waals surface area contributed by atoms with E-state index in [1.807, 2.05) is 0 Å². The Bertz CT molecular complexity index is 452. The van der Waals surface area contributed by atoms with Crippen LogP contribution in [0.15, 0.2) is 18.2 Å². The number of benzene rings is 1. The molecule has 1 aliphatic carbocycles. The zero-order valence-corrected chi connectivity index (χ0v) is 12.6. The first-order valence-corrected chi connectivity index (χ1v) is 7.27. The van der Waals surface area contributed by atoms with Gasteiger partial charge in [0.05, 0.1) is 5.60 Å². The highest BCUT2D eigenvalue weighted by Gasteiger charge is 2.43. The lowest BCUT2D eigenvalue weighted by molar-refractivity contribution is -0.0708. The lowest BCUT2D eigenvalue weighted by Gasteiger charge is -2.45. The normalized spacial score (nSPS) is 30.3. The summed E-state index contributed by atoms with van der Waals surface area (Å²) < 4.78 is 13.9. The van der Waals surface area contributed by atoms with E-state index in [9.17, 15) is 9.50 Å². The van der Waals surface area contributed by atoms with Crippen LogP contribution in [0.4, 0.5) is 4.39 Å². The first-order valence-electron chi connectivity index (χ1n) is 6.89. The molecule has 19 heavy (non-hydrogen) atoms. The number of halogens is 2. The van der Waals surface area contributed by atoms with Gasteiger partial charge in [-0.2, -0.15) is 0 Å². The lowest BCUT2D eigenvalue weighted by Crippen LogP contribution is -2.45. The average Bonchev–Trinajstić information content (AvgIpc) is 2.30. The third-order valence-corrected chi connectivity index (χ3v) is 4.91. The summed E-state index contributed by atoms with van der Waals surface area (Å²) in [6.45, 7) is 6.49. The van der Waals surface area contributed by atoms with Crippen molar-refractivity contribution < 1.29 is 9.50 Å². The number of rotatable bonds is 2. The van der Waals surface area contributed by atoms with Crippen molar-refractivity contribution in [3.63, 3.8) is 0 Å². The number of hydrogen-bond donors (Lipinski definition) is 1. The van der Waals surface area contributed by atoms with Crippen molar-refractivity contribution in [1.82, 2.24) is 0 Å². The summed E-state index contributed by atoms with van der Waals surface area (Å²) in [6, 6.07) is 4.68. The standard InChI is InChI=1S/C16H22ClFO/c1-11-9-15(2,3)7-8-16(11,19)10-12-13(17)5-4-6-14(12)18/h4-6,11,19H,7-10H2,1-3H3. The summed E-state index contributed by atoms with van der Waals surface area (Å²) in [6.07, 6.45) is 2.91. The molecule has 2 unspecified atom stereocenters. The maximum atomic E-state index is 13.9. The van der Waals surface area contributed by atoms with Crippen LogP contribution in [0.3, 0.4) is 0 Å². The Hall–Kier alpha value is -0.600. The molecule has 0 bridgehead atoms. The quantitative estimate of drug-likeness (QED) is 0.841. The molecule has 1 aliphatic rings. The molecule has 0 aromatic heterocycles. The summed E-state index contributed by atoms with van der Waals surface area (Å²) in [5, 5.41) is 11.3. The molecule has 1 nitrogen and oxygen atoms in total. The van der Waals surface area contributed by atoms with Crippen molar-refractivity contribution in [2.45, 2.75) is 52.1 Å². The fourth-order valence-electron chi connectivity index (χ4n) is 3.19. The second kappa shape index (κ2) is 5.06. The topological polar surface area (TPSA) is 20.2 Å². The zero-order chi connectivity index (χ0) is 14.3. The number of hydrogen-bond acceptors (Lipinski definition) is 1. The molecule has 0 radical (unpaired) electrons. The summed E-state index contributed by atoms with van der Waals surface area (Å²) in [5.74, 6) is -0.176. The van der Waals surface area contributed by atoms with Crippen molar-refractivity contribution in [2.24, 2.45) is 11.3 Å². The molecule has 0 spiro atoms. The summed E-state index contributed by atoms with van der Waals surface area (Å²) in [5.41, 5.74) is -0.148. The molecule has 0 amide bonds. The van der Waals surface area contributed by atoms with E-state index in [2.05, 4.69) is 20.8 Å². The molecular formula is C16H22ClFO. The summed E-state index contributed by atoms with van der Waals surface area (Å²) in [4.78, 5) is 0. The Morgan fingerprint density at radius 2 is 2.05 bits per heavy atom. The molecule has 2 rings (SSSR count). The van der Waals surface area contributed by atoms with Crippen molar-refractivity contribution in [3.8, 4) is 0 Å². The van der Waals surface area contributed by atoms with Gasteiger partial charge < -0.3 is 5.11 Å². The minimum absolute atomic E-state index is 0.145. The van der Waals surface area contributed by atoms with Gasteiger partial charge >= 0.3 is 0 Å². The van der Waals surface area contributed by atoms with Gasteiger partial charge in [0, 0.05) is 17.0 Å². The molecule has 3 heteroatoms. The van der Waals surface area contributed by atoms with Crippen LogP contribution in [0.1, 0.15) is 45.6 Å². The van der Waals surface area contributed by atoms with E-state index in [4.69, 9.17) is 11.6 Å². The SMILES string of the molecule is CC1CC(C)(C)CCC1(O)Cc1c(F)cccc1Cl. The van der Waals surface area contributed by atoms with Crippen LogP contribution in [0.25, 0.3) is 0 Å². The Morgan fingerprint density at radius 1 is 1.37 bits per heavy atom. The van der Waals surface area contributed by atoms with Crippen molar-refractivity contribution >= 4 is 11.6 Å². The largest absolute Gasteiger partial charge is 0.389 e. The van der Waals surface area contributed by atoms with Crippen molar-refractivity contribution in [1.29, 1.82) is 0 Å². The second-order valence-electron chi connectivity index (χ2n) is 6.75. The van der Waals surface area contributed by atoms with Gasteiger partial charge in [0.15, 0.2) is 0 Å². The van der Waals surface area contributed by atoms with Crippen molar-refractivity contribution in [3.05, 3.63) is 34.6 Å². The monoisotopic (exact) mass is 284 g/mol. The maximum absolute atomic E-state index is 13.9. The van der Waals surface area contributed by atoms with E-state index in [1.165, 1.54) is 6.07 Å². The second-order valence-corrected chi connectivity index (χ2v) is 7.16. The van der Waals surface area contributed by atoms with Gasteiger partial charge in [0.1, 0.15) is 5.82 Å². The van der Waals surface area contributed by atoms with E-state index in [1.54, 1.807) is 12.1 Å². The van der Waals surface area contributed by atoms with Gasteiger partial charge in [0.2, 0.25) is 0 Å². The zero-order valence-electron chi connectivity index (χ0n) is 11.8. The fraction of sp³-hybridized carbons (Fsp3) is 0.625. The molecule has 0 heterocycles. The molecule has 0 saturated heterocycles. The average molecular weight is 285 g/mol. The third-order valence-electron chi connectivity index (χ3n) is 4.56. The highest BCUT2D eigenvalue weighted by molar-refractivity contribution is 6.31. The highest BCUT2D eigenvalue weighted by atomic mass is 35.5. The smallest absolute Gasteiger partial charge is 0.127 e. The Morgan fingerprint density at radius 3 is 2.63 bits per heavy atom. The van der Waals surface area contributed by atoms with Gasteiger partial charge in [-0.15, -0.1) is 0 Å². The van der Waals surface area contributed by atoms with Crippen LogP contribution < -0.4 is 0 Å². The van der Waals surface area contributed by atoms with Crippen LogP contribution in [-0.4, -0.2) is 10.7 Å². The van der Waals surface area contributed by atoms with Crippen LogP contribution in [-0.2, 0) is 6.42 Å². The van der Waals surface area contributed by atoms with Gasteiger partial charge in [-0.3, -0.25) is 0 Å². The van der Waals surface area contributed by atoms with Crippen LogP contribution in [0.5, 0.6) is 0 Å². The van der Waals surface area contributed by atoms with Gasteiger partial charge in [-0.1, -0.05) is 38.4 Å². The van der Waals surface area contributed by atoms with Gasteiger partial charge in [0.25, 0.3) is 0 Å². The first kappa shape index (κ1) is 14.8. The van der Waals surface area contributed by atoms with E-state index in [0.717, 1.165) is 12.8 Å². The van der Waals surface area contributed by atoms with Crippen LogP contribution in [0, 0.1) is 17.2 Å². The molecular weight excluding hydrogens is 263 g/mol. The maximum Gasteiger partial charge on any atom is 0.127 e. The van der Waals surface area contributed by atoms with E-state index in [0.29, 0.717) is 23.4 Å². The third kappa shape index (κ3) is 3.11. The molecule has 1 aromatic carbocycles. The Kier molecular flexibility index (Phi) is 3.95. The molecule has 1 N–H and O–H groups in total. The molecule has 1 saturated carbocycles. The molecule has 1 aromatic rings. The minimum Gasteiger partial charge on any atom is -0.389 e. The van der Waals surface area contributed by atoms with E-state index >= 15 is 0 Å². The number of aliphatic hydroxyl groups is 1. The summed E-state index contributed by atoms with van der Waals surface area (Å²) >= 11 is 6.06. The molecule has 2 atom stereocenters. The van der Waals surface area contributed by atoms with Gasteiger partial charge in [-0.25, -0.2) is 4.39 Å². The van der Waals surface area contributed by atoms with E-state index < -0.39 is 5.60 Å². The van der Waals surface area contributed by atoms with Crippen LogP contribution >= 0.6 is 11.6 Å². The molecule has 0 aliphatic heterocycles. The highest BCUT2D eigenvalue weighted by Crippen LogP contribution is 2.45.